The molecule has 0 aromatic carbocycles. The van der Waals surface area contributed by atoms with Crippen LogP contribution in [0.25, 0.3) is 27.5 Å². The molecular weight excluding hydrogens is 488 g/mol. The van der Waals surface area contributed by atoms with Crippen LogP contribution in [0.4, 0.5) is 5.69 Å². The number of likely N-dealkylation sites (tertiary alicyclic amines) is 1. The zero-order valence-electron chi connectivity index (χ0n) is 20.8. The van der Waals surface area contributed by atoms with E-state index < -0.39 is 0 Å². The second kappa shape index (κ2) is 10.1. The molecule has 0 unspecified atom stereocenters. The summed E-state index contributed by atoms with van der Waals surface area (Å²) in [7, 11) is 0. The van der Waals surface area contributed by atoms with Crippen molar-refractivity contribution in [2.24, 2.45) is 5.92 Å². The van der Waals surface area contributed by atoms with Crippen molar-refractivity contribution in [3.8, 4) is 28.0 Å². The number of Topliss-reactive ketones (excluding diaryl/α,β-unsaturated/α-hetero) is 1. The second-order valence-electron chi connectivity index (χ2n) is 9.55. The van der Waals surface area contributed by atoms with Crippen LogP contribution in [0.15, 0.2) is 36.7 Å². The fraction of sp³-hybridized carbons (Fsp3) is 0.346. The van der Waals surface area contributed by atoms with Crippen molar-refractivity contribution >= 4 is 34.2 Å². The summed E-state index contributed by atoms with van der Waals surface area (Å²) in [5.74, 6) is 0.202. The van der Waals surface area contributed by atoms with E-state index in [1.54, 1.807) is 28.6 Å². The van der Waals surface area contributed by atoms with Crippen LogP contribution in [-0.2, 0) is 4.79 Å². The smallest absolute Gasteiger partial charge is 0.284 e. The third kappa shape index (κ3) is 5.06. The molecular formula is C26H26N8O2S. The zero-order valence-corrected chi connectivity index (χ0v) is 21.6. The van der Waals surface area contributed by atoms with Crippen molar-refractivity contribution in [3.05, 3.63) is 47.2 Å². The summed E-state index contributed by atoms with van der Waals surface area (Å²) in [5.41, 5.74) is 4.37. The molecule has 37 heavy (non-hydrogen) atoms. The van der Waals surface area contributed by atoms with Gasteiger partial charge < -0.3 is 15.0 Å². The van der Waals surface area contributed by atoms with Crippen LogP contribution in [0.5, 0.6) is 0 Å². The molecule has 1 saturated heterocycles. The number of carbonyl (C=O) groups is 2. The van der Waals surface area contributed by atoms with Gasteiger partial charge in [0, 0.05) is 37.4 Å². The maximum absolute atomic E-state index is 13.1. The Labute approximate surface area is 218 Å². The van der Waals surface area contributed by atoms with Crippen molar-refractivity contribution in [1.82, 2.24) is 29.7 Å². The second-order valence-corrected chi connectivity index (χ2v) is 10.5. The molecule has 0 spiro atoms. The molecule has 4 aromatic rings. The molecule has 5 heterocycles. The van der Waals surface area contributed by atoms with Crippen molar-refractivity contribution in [2.75, 3.05) is 18.4 Å². The van der Waals surface area contributed by atoms with Gasteiger partial charge in [-0.25, -0.2) is 4.52 Å². The van der Waals surface area contributed by atoms with Gasteiger partial charge in [0.15, 0.2) is 5.01 Å². The maximum atomic E-state index is 13.1. The minimum absolute atomic E-state index is 0.145. The molecule has 1 atom stereocenters. The molecule has 188 valence electrons. The number of nitriles is 1. The van der Waals surface area contributed by atoms with Gasteiger partial charge in [-0.15, -0.1) is 10.2 Å². The van der Waals surface area contributed by atoms with E-state index in [9.17, 15) is 9.59 Å². The van der Waals surface area contributed by atoms with Crippen molar-refractivity contribution in [3.63, 3.8) is 0 Å². The first-order valence-corrected chi connectivity index (χ1v) is 12.9. The summed E-state index contributed by atoms with van der Waals surface area (Å²) in [4.78, 5) is 30.9. The first-order valence-electron chi connectivity index (χ1n) is 12.1. The highest BCUT2D eigenvalue weighted by atomic mass is 32.1. The van der Waals surface area contributed by atoms with Gasteiger partial charge >= 0.3 is 0 Å². The highest BCUT2D eigenvalue weighted by Crippen LogP contribution is 2.34. The Morgan fingerprint density at radius 1 is 1.24 bits per heavy atom. The Bertz CT molecular complexity index is 1530. The Hall–Kier alpha value is -4.17. The van der Waals surface area contributed by atoms with Crippen molar-refractivity contribution in [2.45, 2.75) is 39.7 Å². The molecule has 4 aromatic heterocycles. The van der Waals surface area contributed by atoms with E-state index in [2.05, 4.69) is 31.7 Å². The van der Waals surface area contributed by atoms with E-state index in [0.717, 1.165) is 28.9 Å². The van der Waals surface area contributed by atoms with Crippen molar-refractivity contribution in [1.29, 1.82) is 5.26 Å². The summed E-state index contributed by atoms with van der Waals surface area (Å²) in [5, 5.41) is 26.4. The van der Waals surface area contributed by atoms with Crippen LogP contribution < -0.4 is 5.32 Å². The topological polar surface area (TPSA) is 129 Å². The van der Waals surface area contributed by atoms with E-state index in [-0.39, 0.29) is 23.7 Å². The zero-order chi connectivity index (χ0) is 26.1. The fourth-order valence-corrected chi connectivity index (χ4v) is 5.43. The van der Waals surface area contributed by atoms with Gasteiger partial charge in [-0.3, -0.25) is 9.78 Å². The molecule has 0 aliphatic carbocycles. The summed E-state index contributed by atoms with van der Waals surface area (Å²) in [6, 6.07) is 9.79. The molecule has 10 nitrogen and oxygen atoms in total. The minimum Gasteiger partial charge on any atom is -0.382 e. The van der Waals surface area contributed by atoms with Crippen LogP contribution >= 0.6 is 11.3 Å². The standard InChI is InChI=1S/C26H26N8O2S/c1-15(2)30-21-10-22(23-5-4-19-9-18(11-27)12-29-34(19)23)28-13-20(21)24-31-32-25(37-24)26(36)33-7-6-17(14-33)8-16(3)35/h4-5,9-10,12-13,15,17H,6-8,14H2,1-3H3,(H,28,30)/t17-/m1/s1. The first-order chi connectivity index (χ1) is 17.8. The Balaban J connectivity index is 1.44. The van der Waals surface area contributed by atoms with E-state index in [4.69, 9.17) is 5.26 Å². The van der Waals surface area contributed by atoms with Crippen LogP contribution in [0, 0.1) is 17.2 Å². The van der Waals surface area contributed by atoms with E-state index in [1.807, 2.05) is 32.0 Å². The monoisotopic (exact) mass is 514 g/mol. The summed E-state index contributed by atoms with van der Waals surface area (Å²) in [6.45, 7) is 6.86. The number of hydrogen-bond acceptors (Lipinski definition) is 9. The average Bonchev–Trinajstić information content (AvgIpc) is 3.62. The number of pyridine rings is 1. The average molecular weight is 515 g/mol. The highest BCUT2D eigenvalue weighted by Gasteiger charge is 2.30. The van der Waals surface area contributed by atoms with E-state index in [0.29, 0.717) is 40.8 Å². The van der Waals surface area contributed by atoms with Gasteiger partial charge in [0.05, 0.1) is 34.2 Å². The number of anilines is 1. The number of rotatable bonds is 7. The molecule has 1 aliphatic rings. The Morgan fingerprint density at radius 3 is 2.84 bits per heavy atom. The molecule has 1 aliphatic heterocycles. The highest BCUT2D eigenvalue weighted by molar-refractivity contribution is 7.16. The van der Waals surface area contributed by atoms with Crippen LogP contribution in [0.3, 0.4) is 0 Å². The quantitative estimate of drug-likeness (QED) is 0.391. The van der Waals surface area contributed by atoms with Gasteiger partial charge in [0.2, 0.25) is 5.01 Å². The molecule has 1 amide bonds. The fourth-order valence-electron chi connectivity index (χ4n) is 4.59. The lowest BCUT2D eigenvalue weighted by Gasteiger charge is -2.15. The van der Waals surface area contributed by atoms with Crippen molar-refractivity contribution < 1.29 is 9.59 Å². The Morgan fingerprint density at radius 2 is 2.08 bits per heavy atom. The van der Waals surface area contributed by atoms with E-state index >= 15 is 0 Å². The van der Waals surface area contributed by atoms with Gasteiger partial charge in [-0.1, -0.05) is 11.3 Å². The number of nitrogens with one attached hydrogen (secondary N) is 1. The molecule has 11 heteroatoms. The molecule has 1 N–H and O–H groups in total. The predicted octanol–water partition coefficient (Wildman–Crippen LogP) is 4.05. The molecule has 0 bridgehead atoms. The predicted molar refractivity (Wildman–Crippen MR) is 140 cm³/mol. The third-order valence-electron chi connectivity index (χ3n) is 6.23. The van der Waals surface area contributed by atoms with Gasteiger partial charge in [0.25, 0.3) is 5.91 Å². The number of ketones is 1. The first kappa shape index (κ1) is 24.5. The maximum Gasteiger partial charge on any atom is 0.284 e. The van der Waals surface area contributed by atoms with Gasteiger partial charge in [-0.2, -0.15) is 10.4 Å². The molecule has 0 saturated carbocycles. The number of carbonyl (C=O) groups excluding carboxylic acids is 2. The molecule has 1 fully saturated rings. The largest absolute Gasteiger partial charge is 0.382 e. The lowest BCUT2D eigenvalue weighted by molar-refractivity contribution is -0.117. The third-order valence-corrected chi connectivity index (χ3v) is 7.17. The van der Waals surface area contributed by atoms with Crippen LogP contribution in [0.2, 0.25) is 0 Å². The molecule has 5 rings (SSSR count). The van der Waals surface area contributed by atoms with Crippen LogP contribution in [-0.4, -0.2) is 60.5 Å². The van der Waals surface area contributed by atoms with Gasteiger partial charge in [-0.05, 0) is 57.4 Å². The summed E-state index contributed by atoms with van der Waals surface area (Å²) >= 11 is 1.24. The Kier molecular flexibility index (Phi) is 6.67. The van der Waals surface area contributed by atoms with Crippen LogP contribution in [0.1, 0.15) is 49.0 Å². The number of hydrogen-bond donors (Lipinski definition) is 1. The normalized spacial score (nSPS) is 15.3. The lowest BCUT2D eigenvalue weighted by Crippen LogP contribution is -2.28. The lowest BCUT2D eigenvalue weighted by atomic mass is 10.0. The summed E-state index contributed by atoms with van der Waals surface area (Å²) < 4.78 is 1.75. The minimum atomic E-state index is -0.153. The molecule has 0 radical (unpaired) electrons. The van der Waals surface area contributed by atoms with Gasteiger partial charge in [0.1, 0.15) is 11.9 Å². The number of amides is 1. The summed E-state index contributed by atoms with van der Waals surface area (Å²) in [6.07, 6.45) is 4.59. The number of nitrogens with zero attached hydrogens (tertiary/aromatic N) is 7. The SMILES string of the molecule is CC(=O)C[C@H]1CCN(C(=O)c2nnc(-c3cnc(-c4ccc5cc(C#N)cnn45)cc3NC(C)C)s2)C1. The number of aromatic nitrogens is 5. The van der Waals surface area contributed by atoms with E-state index in [1.165, 1.54) is 17.5 Å². The number of fused-ring (bicyclic) bond motifs is 1.